The van der Waals surface area contributed by atoms with Gasteiger partial charge in [-0.1, -0.05) is 66.7 Å². The summed E-state index contributed by atoms with van der Waals surface area (Å²) in [6.45, 7) is 0. The molecule has 28 heavy (non-hydrogen) atoms. The van der Waals surface area contributed by atoms with Gasteiger partial charge in [0.2, 0.25) is 0 Å². The zero-order valence-corrected chi connectivity index (χ0v) is 14.7. The lowest BCUT2D eigenvalue weighted by molar-refractivity contribution is -0.259. The lowest BCUT2D eigenvalue weighted by Crippen LogP contribution is -2.47. The highest BCUT2D eigenvalue weighted by atomic mass is 17.1. The van der Waals surface area contributed by atoms with Crippen molar-refractivity contribution in [3.63, 3.8) is 0 Å². The molecule has 1 aliphatic rings. The molecule has 3 aromatic rings. The molecule has 4 rings (SSSR count). The first-order valence-electron chi connectivity index (χ1n) is 8.61. The van der Waals surface area contributed by atoms with Crippen LogP contribution in [0.3, 0.4) is 0 Å². The highest BCUT2D eigenvalue weighted by Crippen LogP contribution is 2.37. The fourth-order valence-electron chi connectivity index (χ4n) is 3.83. The number of benzene rings is 3. The molecule has 2 N–H and O–H groups in total. The van der Waals surface area contributed by atoms with Crippen molar-refractivity contribution in [1.82, 2.24) is 0 Å². The topological polar surface area (TPSA) is 93.1 Å². The molecule has 3 aromatic carbocycles. The SMILES string of the molecule is O=C(OO)C1(C(=O)OO)C=c2ccccc2=C(c2cccc3ccccc23)C1. The van der Waals surface area contributed by atoms with E-state index in [4.69, 9.17) is 10.5 Å². The zero-order valence-electron chi connectivity index (χ0n) is 14.7. The van der Waals surface area contributed by atoms with Gasteiger partial charge in [-0.05, 0) is 38.4 Å². The van der Waals surface area contributed by atoms with Crippen molar-refractivity contribution in [2.45, 2.75) is 6.42 Å². The molecule has 0 heterocycles. The molecular weight excluding hydrogens is 360 g/mol. The first-order chi connectivity index (χ1) is 13.6. The molecule has 0 aromatic heterocycles. The van der Waals surface area contributed by atoms with Crippen molar-refractivity contribution in [3.05, 3.63) is 82.7 Å². The molecule has 0 fully saturated rings. The smallest absolute Gasteiger partial charge is 0.299 e. The van der Waals surface area contributed by atoms with Crippen LogP contribution in [0.15, 0.2) is 66.7 Å². The summed E-state index contributed by atoms with van der Waals surface area (Å²) >= 11 is 0. The molecule has 0 saturated carbocycles. The Morgan fingerprint density at radius 3 is 2.21 bits per heavy atom. The van der Waals surface area contributed by atoms with Crippen molar-refractivity contribution >= 4 is 34.4 Å². The van der Waals surface area contributed by atoms with Crippen LogP contribution in [0.25, 0.3) is 22.4 Å². The lowest BCUT2D eigenvalue weighted by atomic mass is 9.74. The second-order valence-corrected chi connectivity index (χ2v) is 6.64. The summed E-state index contributed by atoms with van der Waals surface area (Å²) < 4.78 is 0. The number of hydrogen-bond donors (Lipinski definition) is 2. The van der Waals surface area contributed by atoms with Crippen LogP contribution in [0.4, 0.5) is 0 Å². The van der Waals surface area contributed by atoms with E-state index in [0.29, 0.717) is 10.8 Å². The van der Waals surface area contributed by atoms with Crippen LogP contribution in [0.2, 0.25) is 0 Å². The molecule has 6 nitrogen and oxygen atoms in total. The van der Waals surface area contributed by atoms with Gasteiger partial charge in [0.1, 0.15) is 0 Å². The fraction of sp³-hybridized carbons (Fsp3) is 0.0909. The van der Waals surface area contributed by atoms with Gasteiger partial charge in [-0.25, -0.2) is 9.59 Å². The van der Waals surface area contributed by atoms with E-state index in [1.165, 1.54) is 6.08 Å². The number of carbonyl (C=O) groups excluding carboxylic acids is 2. The minimum atomic E-state index is -2.01. The third kappa shape index (κ3) is 2.67. The van der Waals surface area contributed by atoms with Crippen LogP contribution in [0, 0.1) is 5.41 Å². The predicted octanol–water partition coefficient (Wildman–Crippen LogP) is 2.24. The van der Waals surface area contributed by atoms with Gasteiger partial charge in [-0.3, -0.25) is 9.78 Å². The van der Waals surface area contributed by atoms with Gasteiger partial charge >= 0.3 is 11.9 Å². The van der Waals surface area contributed by atoms with E-state index in [-0.39, 0.29) is 6.42 Å². The Labute approximate surface area is 159 Å². The van der Waals surface area contributed by atoms with E-state index in [0.717, 1.165) is 21.6 Å². The molecule has 0 atom stereocenters. The Balaban J connectivity index is 2.08. The van der Waals surface area contributed by atoms with Crippen molar-refractivity contribution in [1.29, 1.82) is 0 Å². The first kappa shape index (κ1) is 17.9. The second-order valence-electron chi connectivity index (χ2n) is 6.64. The van der Waals surface area contributed by atoms with Crippen LogP contribution in [0.1, 0.15) is 12.0 Å². The van der Waals surface area contributed by atoms with Crippen LogP contribution in [-0.4, -0.2) is 22.5 Å². The molecule has 0 amide bonds. The Hall–Kier alpha value is -3.48. The van der Waals surface area contributed by atoms with Gasteiger partial charge < -0.3 is 0 Å². The minimum absolute atomic E-state index is 0.142. The minimum Gasteiger partial charge on any atom is -0.299 e. The molecule has 0 aliphatic heterocycles. The molecule has 0 unspecified atom stereocenters. The summed E-state index contributed by atoms with van der Waals surface area (Å²) in [5.41, 5.74) is -0.477. The number of fused-ring (bicyclic) bond motifs is 2. The maximum Gasteiger partial charge on any atom is 0.363 e. The zero-order chi connectivity index (χ0) is 19.7. The van der Waals surface area contributed by atoms with Crippen LogP contribution >= 0.6 is 0 Å². The van der Waals surface area contributed by atoms with Gasteiger partial charge in [-0.15, -0.1) is 0 Å². The van der Waals surface area contributed by atoms with Crippen LogP contribution in [-0.2, 0) is 19.4 Å². The maximum absolute atomic E-state index is 12.4. The summed E-state index contributed by atoms with van der Waals surface area (Å²) in [5.74, 6) is -2.45. The van der Waals surface area contributed by atoms with E-state index < -0.39 is 17.4 Å². The van der Waals surface area contributed by atoms with E-state index in [9.17, 15) is 9.59 Å². The van der Waals surface area contributed by atoms with Crippen LogP contribution in [0.5, 0.6) is 0 Å². The van der Waals surface area contributed by atoms with Crippen molar-refractivity contribution in [2.75, 3.05) is 0 Å². The number of carbonyl (C=O) groups is 2. The molecule has 0 radical (unpaired) electrons. The number of hydrogen-bond acceptors (Lipinski definition) is 6. The summed E-state index contributed by atoms with van der Waals surface area (Å²) in [6, 6.07) is 20.8. The van der Waals surface area contributed by atoms with Gasteiger partial charge in [0, 0.05) is 6.42 Å². The maximum atomic E-state index is 12.4. The van der Waals surface area contributed by atoms with Crippen molar-refractivity contribution < 1.29 is 29.9 Å². The molecular formula is C22H16O6. The van der Waals surface area contributed by atoms with Gasteiger partial charge in [0.25, 0.3) is 0 Å². The fourth-order valence-corrected chi connectivity index (χ4v) is 3.83. The monoisotopic (exact) mass is 376 g/mol. The Bertz CT molecular complexity index is 1190. The van der Waals surface area contributed by atoms with E-state index in [1.54, 1.807) is 12.1 Å². The van der Waals surface area contributed by atoms with Crippen molar-refractivity contribution in [2.24, 2.45) is 5.41 Å². The highest BCUT2D eigenvalue weighted by molar-refractivity contribution is 6.09. The molecule has 1 aliphatic carbocycles. The summed E-state index contributed by atoms with van der Waals surface area (Å²) in [7, 11) is 0. The molecule has 0 spiro atoms. The number of rotatable bonds is 3. The third-order valence-electron chi connectivity index (χ3n) is 5.15. The summed E-state index contributed by atoms with van der Waals surface area (Å²) in [6.07, 6.45) is 1.21. The van der Waals surface area contributed by atoms with Gasteiger partial charge in [0.05, 0.1) is 0 Å². The molecule has 0 bridgehead atoms. The highest BCUT2D eigenvalue weighted by Gasteiger charge is 2.50. The average molecular weight is 376 g/mol. The normalized spacial score (nSPS) is 14.7. The first-order valence-corrected chi connectivity index (χ1v) is 8.61. The van der Waals surface area contributed by atoms with E-state index in [2.05, 4.69) is 9.78 Å². The second kappa shape index (κ2) is 6.92. The quantitative estimate of drug-likeness (QED) is 0.414. The average Bonchev–Trinajstić information content (AvgIpc) is 2.76. The van der Waals surface area contributed by atoms with Gasteiger partial charge in [0.15, 0.2) is 5.41 Å². The van der Waals surface area contributed by atoms with E-state index >= 15 is 0 Å². The molecule has 6 heteroatoms. The molecule has 140 valence electrons. The predicted molar refractivity (Wildman–Crippen MR) is 101 cm³/mol. The third-order valence-corrected chi connectivity index (χ3v) is 5.15. The largest absolute Gasteiger partial charge is 0.363 e. The lowest BCUT2D eigenvalue weighted by Gasteiger charge is -2.28. The summed E-state index contributed by atoms with van der Waals surface area (Å²) in [5, 5.41) is 21.4. The summed E-state index contributed by atoms with van der Waals surface area (Å²) in [4.78, 5) is 32.6. The molecule has 0 saturated heterocycles. The Morgan fingerprint density at radius 2 is 1.46 bits per heavy atom. The van der Waals surface area contributed by atoms with Gasteiger partial charge in [-0.2, -0.15) is 10.5 Å². The Morgan fingerprint density at radius 1 is 0.821 bits per heavy atom. The Kier molecular flexibility index (Phi) is 4.43. The van der Waals surface area contributed by atoms with Crippen LogP contribution < -0.4 is 10.4 Å². The van der Waals surface area contributed by atoms with Crippen molar-refractivity contribution in [3.8, 4) is 0 Å². The standard InChI is InChI=1S/C22H16O6/c23-20(27-25)22(21(24)28-26)12-15-7-2-4-10-17(15)19(13-22)18-11-5-8-14-6-1-3-9-16(14)18/h1-12,25-26H,13H2. The van der Waals surface area contributed by atoms with E-state index in [1.807, 2.05) is 54.6 Å².